The average Bonchev–Trinajstić information content (AvgIpc) is 3.13. The van der Waals surface area contributed by atoms with Gasteiger partial charge < -0.3 is 15.4 Å². The predicted molar refractivity (Wildman–Crippen MR) is 114 cm³/mol. The molecule has 1 aliphatic heterocycles. The molecular weight excluding hydrogens is 398 g/mol. The number of allylic oxidation sites excluding steroid dienone is 1. The maximum absolute atomic E-state index is 13.0. The highest BCUT2D eigenvalue weighted by Gasteiger charge is 2.28. The lowest BCUT2D eigenvalue weighted by Crippen LogP contribution is -2.36. The number of aliphatic imine (C=N–C) groups is 1. The minimum absolute atomic E-state index is 0.0706. The Kier molecular flexibility index (Phi) is 5.44. The van der Waals surface area contributed by atoms with Crippen molar-refractivity contribution in [2.24, 2.45) is 4.99 Å². The van der Waals surface area contributed by atoms with Gasteiger partial charge in [0.2, 0.25) is 5.82 Å². The number of amides is 1. The third-order valence-corrected chi connectivity index (χ3v) is 4.66. The second-order valence-corrected chi connectivity index (χ2v) is 6.72. The molecule has 0 spiro atoms. The lowest BCUT2D eigenvalue weighted by atomic mass is 10.1. The second kappa shape index (κ2) is 8.34. The van der Waals surface area contributed by atoms with E-state index in [0.29, 0.717) is 23.6 Å². The molecule has 10 nitrogen and oxygen atoms in total. The topological polar surface area (TPSA) is 123 Å². The van der Waals surface area contributed by atoms with Crippen LogP contribution in [0.4, 0.5) is 11.4 Å². The Labute approximate surface area is 178 Å². The van der Waals surface area contributed by atoms with Crippen LogP contribution >= 0.6 is 0 Å². The molecule has 0 bridgehead atoms. The molecule has 0 atom stereocenters. The Balaban J connectivity index is 1.77. The predicted octanol–water partition coefficient (Wildman–Crippen LogP) is 2.55. The zero-order valence-electron chi connectivity index (χ0n) is 17.3. The number of nitrogens with zero attached hydrogens (tertiary/aromatic N) is 5. The maximum Gasteiger partial charge on any atom is 0.343 e. The van der Waals surface area contributed by atoms with Gasteiger partial charge in [-0.1, -0.05) is 19.1 Å². The van der Waals surface area contributed by atoms with Crippen LogP contribution in [-0.4, -0.2) is 43.9 Å². The number of hydrogen-bond acceptors (Lipinski definition) is 8. The third kappa shape index (κ3) is 3.87. The van der Waals surface area contributed by atoms with Crippen molar-refractivity contribution in [3.63, 3.8) is 0 Å². The molecule has 4 rings (SSSR count). The summed E-state index contributed by atoms with van der Waals surface area (Å²) in [5, 5.41) is 10.2. The number of ether oxygens (including phenoxy) is 1. The molecule has 0 saturated heterocycles. The summed E-state index contributed by atoms with van der Waals surface area (Å²) in [4.78, 5) is 38.6. The minimum atomic E-state index is -0.611. The molecular formula is C21H21N7O3. The van der Waals surface area contributed by atoms with E-state index in [1.807, 2.05) is 32.0 Å². The Hall–Kier alpha value is -4.08. The molecule has 1 aromatic carbocycles. The molecule has 2 N–H and O–H groups in total. The summed E-state index contributed by atoms with van der Waals surface area (Å²) in [5.74, 6) is -0.910. The van der Waals surface area contributed by atoms with E-state index >= 15 is 0 Å². The van der Waals surface area contributed by atoms with Crippen LogP contribution in [0.1, 0.15) is 36.6 Å². The monoisotopic (exact) mass is 419 g/mol. The van der Waals surface area contributed by atoms with Crippen LogP contribution < -0.4 is 10.6 Å². The van der Waals surface area contributed by atoms with Crippen molar-refractivity contribution in [2.45, 2.75) is 27.2 Å². The van der Waals surface area contributed by atoms with Crippen molar-refractivity contribution in [2.75, 3.05) is 11.9 Å². The molecule has 0 aliphatic carbocycles. The number of benzene rings is 1. The highest BCUT2D eigenvalue weighted by atomic mass is 16.5. The summed E-state index contributed by atoms with van der Waals surface area (Å²) in [5.41, 5.74) is 2.82. The van der Waals surface area contributed by atoms with E-state index in [1.54, 1.807) is 25.3 Å². The molecule has 0 unspecified atom stereocenters. The van der Waals surface area contributed by atoms with Crippen molar-refractivity contribution in [3.8, 4) is 0 Å². The number of carbonyl (C=O) groups excluding carboxylic acids is 2. The average molecular weight is 419 g/mol. The molecule has 10 heteroatoms. The zero-order chi connectivity index (χ0) is 22.0. The van der Waals surface area contributed by atoms with Crippen LogP contribution in [0.15, 0.2) is 52.8 Å². The third-order valence-electron chi connectivity index (χ3n) is 4.66. The highest BCUT2D eigenvalue weighted by molar-refractivity contribution is 6.25. The number of nitrogens with one attached hydrogen (secondary N) is 2. The number of anilines is 1. The molecule has 3 heterocycles. The number of esters is 1. The van der Waals surface area contributed by atoms with Crippen LogP contribution in [0.3, 0.4) is 0 Å². The molecule has 2 aromatic heterocycles. The lowest BCUT2D eigenvalue weighted by Gasteiger charge is -2.14. The quantitative estimate of drug-likeness (QED) is 0.623. The van der Waals surface area contributed by atoms with Crippen LogP contribution in [0.5, 0.6) is 0 Å². The first-order valence-electron chi connectivity index (χ1n) is 9.87. The van der Waals surface area contributed by atoms with Crippen molar-refractivity contribution >= 4 is 34.9 Å². The first-order chi connectivity index (χ1) is 15.0. The van der Waals surface area contributed by atoms with E-state index in [4.69, 9.17) is 4.74 Å². The van der Waals surface area contributed by atoms with Gasteiger partial charge in [0, 0.05) is 17.6 Å². The first-order valence-corrected chi connectivity index (χ1v) is 9.87. The Bertz CT molecular complexity index is 1240. The van der Waals surface area contributed by atoms with Gasteiger partial charge in [-0.25, -0.2) is 19.3 Å². The molecule has 31 heavy (non-hydrogen) atoms. The number of amidine groups is 1. The van der Waals surface area contributed by atoms with Gasteiger partial charge in [-0.2, -0.15) is 4.98 Å². The fraction of sp³-hybridized carbons (Fsp3) is 0.238. The SMILES string of the molecule is CCOC(=O)C1=C(CC)Nc2ccccc2N=C1NC(=O)c1nc2nccc(C)n2n1. The fourth-order valence-electron chi connectivity index (χ4n) is 3.17. The number of para-hydroxylation sites is 2. The van der Waals surface area contributed by atoms with E-state index in [2.05, 4.69) is 30.7 Å². The Morgan fingerprint density at radius 1 is 1.19 bits per heavy atom. The number of aryl methyl sites for hydroxylation is 1. The van der Waals surface area contributed by atoms with Crippen molar-refractivity contribution in [3.05, 3.63) is 59.3 Å². The summed E-state index contributed by atoms with van der Waals surface area (Å²) < 4.78 is 6.71. The molecule has 0 fully saturated rings. The van der Waals surface area contributed by atoms with Gasteiger partial charge in [-0.15, -0.1) is 5.10 Å². The van der Waals surface area contributed by atoms with Crippen molar-refractivity contribution in [1.82, 2.24) is 24.9 Å². The molecule has 3 aromatic rings. The maximum atomic E-state index is 13.0. The van der Waals surface area contributed by atoms with E-state index in [-0.39, 0.29) is 23.8 Å². The number of rotatable bonds is 4. The summed E-state index contributed by atoms with van der Waals surface area (Å²) in [6, 6.07) is 9.07. The normalized spacial score (nSPS) is 13.2. The van der Waals surface area contributed by atoms with Gasteiger partial charge in [0.15, 0.2) is 0 Å². The van der Waals surface area contributed by atoms with Gasteiger partial charge in [-0.3, -0.25) is 4.79 Å². The molecule has 1 aliphatic rings. The Morgan fingerprint density at radius 3 is 2.74 bits per heavy atom. The van der Waals surface area contributed by atoms with E-state index in [1.165, 1.54) is 4.52 Å². The second-order valence-electron chi connectivity index (χ2n) is 6.72. The highest BCUT2D eigenvalue weighted by Crippen LogP contribution is 2.31. The summed E-state index contributed by atoms with van der Waals surface area (Å²) in [6.07, 6.45) is 2.08. The first kappa shape index (κ1) is 20.2. The standard InChI is InChI=1S/C21H21N7O3/c1-4-13-16(20(30)31-5-2)17(24-15-9-7-6-8-14(15)23-13)25-19(29)18-26-21-22-11-10-12(3)28(21)27-18/h6-11,23H,4-5H2,1-3H3,(H,24,25,29). The number of hydrogen-bond donors (Lipinski definition) is 2. The van der Waals surface area contributed by atoms with Gasteiger partial charge in [0.05, 0.1) is 18.0 Å². The van der Waals surface area contributed by atoms with Crippen molar-refractivity contribution in [1.29, 1.82) is 0 Å². The smallest absolute Gasteiger partial charge is 0.343 e. The molecule has 0 saturated carbocycles. The van der Waals surface area contributed by atoms with E-state index in [0.717, 1.165) is 11.4 Å². The number of fused-ring (bicyclic) bond motifs is 2. The van der Waals surface area contributed by atoms with Gasteiger partial charge >= 0.3 is 5.97 Å². The molecule has 1 amide bonds. The summed E-state index contributed by atoms with van der Waals surface area (Å²) in [7, 11) is 0. The fourth-order valence-corrected chi connectivity index (χ4v) is 3.17. The van der Waals surface area contributed by atoms with E-state index < -0.39 is 11.9 Å². The number of aromatic nitrogens is 4. The van der Waals surface area contributed by atoms with Gasteiger partial charge in [-0.05, 0) is 38.5 Å². The van der Waals surface area contributed by atoms with Crippen LogP contribution in [0.2, 0.25) is 0 Å². The van der Waals surface area contributed by atoms with Crippen molar-refractivity contribution < 1.29 is 14.3 Å². The molecule has 158 valence electrons. The van der Waals surface area contributed by atoms with Gasteiger partial charge in [0.1, 0.15) is 11.4 Å². The van der Waals surface area contributed by atoms with Crippen LogP contribution in [0.25, 0.3) is 5.78 Å². The summed E-state index contributed by atoms with van der Waals surface area (Å²) in [6.45, 7) is 5.63. The summed E-state index contributed by atoms with van der Waals surface area (Å²) >= 11 is 0. The van der Waals surface area contributed by atoms with Crippen LogP contribution in [-0.2, 0) is 9.53 Å². The lowest BCUT2D eigenvalue weighted by molar-refractivity contribution is -0.137. The van der Waals surface area contributed by atoms with E-state index in [9.17, 15) is 9.59 Å². The molecule has 0 radical (unpaired) electrons. The largest absolute Gasteiger partial charge is 0.462 e. The minimum Gasteiger partial charge on any atom is -0.462 e. The van der Waals surface area contributed by atoms with Crippen LogP contribution in [0, 0.1) is 6.92 Å². The zero-order valence-corrected chi connectivity index (χ0v) is 17.3. The Morgan fingerprint density at radius 2 is 2.00 bits per heavy atom. The van der Waals surface area contributed by atoms with Gasteiger partial charge in [0.25, 0.3) is 11.7 Å². The number of carbonyl (C=O) groups is 2.